The Labute approximate surface area is 99.4 Å². The summed E-state index contributed by atoms with van der Waals surface area (Å²) in [5, 5.41) is 0. The highest BCUT2D eigenvalue weighted by Gasteiger charge is 2.13. The number of thiophene rings is 1. The highest BCUT2D eigenvalue weighted by molar-refractivity contribution is 7.15. The van der Waals surface area contributed by atoms with E-state index in [0.717, 1.165) is 12.8 Å². The molecule has 0 aliphatic carbocycles. The fourth-order valence-electron chi connectivity index (χ4n) is 1.26. The molecule has 1 heterocycles. The summed E-state index contributed by atoms with van der Waals surface area (Å²) in [7, 11) is 0. The van der Waals surface area contributed by atoms with Gasteiger partial charge in [0.1, 0.15) is 4.88 Å². The van der Waals surface area contributed by atoms with Crippen LogP contribution in [-0.4, -0.2) is 18.4 Å². The van der Waals surface area contributed by atoms with Gasteiger partial charge >= 0.3 is 5.97 Å². The van der Waals surface area contributed by atoms with Crippen molar-refractivity contribution in [1.29, 1.82) is 0 Å². The number of unbranched alkanes of at least 4 members (excludes halogenated alkanes) is 1. The van der Waals surface area contributed by atoms with Crippen LogP contribution in [0.3, 0.4) is 0 Å². The molecule has 0 unspecified atom stereocenters. The number of hydrogen-bond donors (Lipinski definition) is 0. The summed E-state index contributed by atoms with van der Waals surface area (Å²) >= 11 is 1.22. The van der Waals surface area contributed by atoms with Crippen LogP contribution in [0, 0.1) is 0 Å². The van der Waals surface area contributed by atoms with Gasteiger partial charge in [-0.15, -0.1) is 11.3 Å². The van der Waals surface area contributed by atoms with Gasteiger partial charge in [-0.25, -0.2) is 4.79 Å². The van der Waals surface area contributed by atoms with E-state index in [0.29, 0.717) is 22.8 Å². The van der Waals surface area contributed by atoms with Crippen molar-refractivity contribution in [3.8, 4) is 0 Å². The largest absolute Gasteiger partial charge is 0.462 e. The Balaban J connectivity index is 2.63. The van der Waals surface area contributed by atoms with Gasteiger partial charge in [-0.2, -0.15) is 0 Å². The van der Waals surface area contributed by atoms with Gasteiger partial charge < -0.3 is 4.74 Å². The maximum atomic E-state index is 11.7. The van der Waals surface area contributed by atoms with Gasteiger partial charge in [0, 0.05) is 6.42 Å². The van der Waals surface area contributed by atoms with Crippen LogP contribution in [0.1, 0.15) is 52.5 Å². The second-order valence-corrected chi connectivity index (χ2v) is 4.49. The molecule has 1 aromatic rings. The Hall–Kier alpha value is -1.16. The van der Waals surface area contributed by atoms with Gasteiger partial charge in [-0.3, -0.25) is 4.79 Å². The minimum Gasteiger partial charge on any atom is -0.462 e. The molecule has 1 aromatic heterocycles. The fraction of sp³-hybridized carbons (Fsp3) is 0.500. The molecule has 0 saturated carbocycles. The SMILES string of the molecule is CCCCC(=O)c1ccc(C(=O)OCC)s1. The summed E-state index contributed by atoms with van der Waals surface area (Å²) in [6, 6.07) is 3.36. The van der Waals surface area contributed by atoms with Crippen molar-refractivity contribution in [2.75, 3.05) is 6.61 Å². The van der Waals surface area contributed by atoms with Crippen LogP contribution < -0.4 is 0 Å². The first-order valence-electron chi connectivity index (χ1n) is 5.49. The van der Waals surface area contributed by atoms with Gasteiger partial charge in [-0.05, 0) is 25.5 Å². The first-order chi connectivity index (χ1) is 7.69. The Bertz CT molecular complexity index is 368. The number of esters is 1. The van der Waals surface area contributed by atoms with Crippen molar-refractivity contribution in [2.24, 2.45) is 0 Å². The van der Waals surface area contributed by atoms with Gasteiger partial charge in [0.25, 0.3) is 0 Å². The van der Waals surface area contributed by atoms with Crippen molar-refractivity contribution < 1.29 is 14.3 Å². The number of carbonyl (C=O) groups is 2. The van der Waals surface area contributed by atoms with Crippen molar-refractivity contribution in [1.82, 2.24) is 0 Å². The number of hydrogen-bond acceptors (Lipinski definition) is 4. The Morgan fingerprint density at radius 1 is 1.25 bits per heavy atom. The third-order valence-electron chi connectivity index (χ3n) is 2.11. The lowest BCUT2D eigenvalue weighted by atomic mass is 10.1. The Morgan fingerprint density at radius 2 is 1.94 bits per heavy atom. The van der Waals surface area contributed by atoms with Crippen LogP contribution in [0.2, 0.25) is 0 Å². The first kappa shape index (κ1) is 12.9. The van der Waals surface area contributed by atoms with Crippen LogP contribution >= 0.6 is 11.3 Å². The lowest BCUT2D eigenvalue weighted by Crippen LogP contribution is -2.01. The number of ketones is 1. The van der Waals surface area contributed by atoms with Crippen molar-refractivity contribution in [3.05, 3.63) is 21.9 Å². The van der Waals surface area contributed by atoms with E-state index in [9.17, 15) is 9.59 Å². The molecule has 0 aliphatic rings. The van der Waals surface area contributed by atoms with Gasteiger partial charge in [0.15, 0.2) is 5.78 Å². The monoisotopic (exact) mass is 240 g/mol. The van der Waals surface area contributed by atoms with Crippen LogP contribution in [0.5, 0.6) is 0 Å². The molecular formula is C12H16O3S. The molecule has 0 radical (unpaired) electrons. The maximum Gasteiger partial charge on any atom is 0.348 e. The molecule has 0 amide bonds. The zero-order valence-electron chi connectivity index (χ0n) is 9.62. The van der Waals surface area contributed by atoms with Gasteiger partial charge in [-0.1, -0.05) is 13.3 Å². The molecule has 0 aromatic carbocycles. The topological polar surface area (TPSA) is 43.4 Å². The van der Waals surface area contributed by atoms with Crippen molar-refractivity contribution >= 4 is 23.1 Å². The predicted octanol–water partition coefficient (Wildman–Crippen LogP) is 3.30. The molecule has 16 heavy (non-hydrogen) atoms. The van der Waals surface area contributed by atoms with E-state index < -0.39 is 0 Å². The Morgan fingerprint density at radius 3 is 2.56 bits per heavy atom. The second-order valence-electron chi connectivity index (χ2n) is 3.41. The van der Waals surface area contributed by atoms with E-state index >= 15 is 0 Å². The molecule has 0 saturated heterocycles. The third kappa shape index (κ3) is 3.45. The maximum absolute atomic E-state index is 11.7. The third-order valence-corrected chi connectivity index (χ3v) is 3.22. The van der Waals surface area contributed by atoms with E-state index in [2.05, 4.69) is 0 Å². The lowest BCUT2D eigenvalue weighted by Gasteiger charge is -1.97. The first-order valence-corrected chi connectivity index (χ1v) is 6.30. The van der Waals surface area contributed by atoms with Crippen LogP contribution in [0.4, 0.5) is 0 Å². The number of carbonyl (C=O) groups excluding carboxylic acids is 2. The molecule has 0 fully saturated rings. The molecule has 0 aliphatic heterocycles. The van der Waals surface area contributed by atoms with Crippen molar-refractivity contribution in [3.63, 3.8) is 0 Å². The van der Waals surface area contributed by atoms with Gasteiger partial charge in [0.05, 0.1) is 11.5 Å². The Kier molecular flexibility index (Phi) is 5.19. The minimum absolute atomic E-state index is 0.113. The number of Topliss-reactive ketones (excluding diaryl/α,β-unsaturated/α-hetero) is 1. The normalized spacial score (nSPS) is 10.1. The standard InChI is InChI=1S/C12H16O3S/c1-3-5-6-9(13)10-7-8-11(16-10)12(14)15-4-2/h7-8H,3-6H2,1-2H3. The summed E-state index contributed by atoms with van der Waals surface area (Å²) in [6.45, 7) is 4.17. The molecule has 88 valence electrons. The molecule has 1 rings (SSSR count). The average molecular weight is 240 g/mol. The molecule has 0 bridgehead atoms. The number of rotatable bonds is 6. The summed E-state index contributed by atoms with van der Waals surface area (Å²) in [5.41, 5.74) is 0. The summed E-state index contributed by atoms with van der Waals surface area (Å²) < 4.78 is 4.86. The smallest absolute Gasteiger partial charge is 0.348 e. The van der Waals surface area contributed by atoms with Crippen LogP contribution in [-0.2, 0) is 4.74 Å². The fourth-order valence-corrected chi connectivity index (χ4v) is 2.13. The van der Waals surface area contributed by atoms with E-state index in [1.807, 2.05) is 6.92 Å². The molecule has 0 N–H and O–H groups in total. The zero-order valence-corrected chi connectivity index (χ0v) is 10.4. The van der Waals surface area contributed by atoms with E-state index in [1.165, 1.54) is 11.3 Å². The molecule has 4 heteroatoms. The van der Waals surface area contributed by atoms with Crippen LogP contribution in [0.25, 0.3) is 0 Å². The predicted molar refractivity (Wildman–Crippen MR) is 64.1 cm³/mol. The summed E-state index contributed by atoms with van der Waals surface area (Å²) in [4.78, 5) is 24.2. The molecule has 3 nitrogen and oxygen atoms in total. The van der Waals surface area contributed by atoms with Gasteiger partial charge in [0.2, 0.25) is 0 Å². The lowest BCUT2D eigenvalue weighted by molar-refractivity contribution is 0.0532. The number of ether oxygens (including phenoxy) is 1. The zero-order chi connectivity index (χ0) is 12.0. The molecule has 0 spiro atoms. The summed E-state index contributed by atoms with van der Waals surface area (Å²) in [6.07, 6.45) is 2.45. The van der Waals surface area contributed by atoms with Crippen LogP contribution in [0.15, 0.2) is 12.1 Å². The van der Waals surface area contributed by atoms with E-state index in [-0.39, 0.29) is 11.8 Å². The average Bonchev–Trinajstić information content (AvgIpc) is 2.75. The van der Waals surface area contributed by atoms with Crippen molar-refractivity contribution in [2.45, 2.75) is 33.1 Å². The minimum atomic E-state index is -0.345. The highest BCUT2D eigenvalue weighted by Crippen LogP contribution is 2.19. The quantitative estimate of drug-likeness (QED) is 0.566. The molecule has 0 atom stereocenters. The molecular weight excluding hydrogens is 224 g/mol. The van der Waals surface area contributed by atoms with E-state index in [1.54, 1.807) is 19.1 Å². The highest BCUT2D eigenvalue weighted by atomic mass is 32.1. The van der Waals surface area contributed by atoms with E-state index in [4.69, 9.17) is 4.74 Å². The second kappa shape index (κ2) is 6.43. The summed E-state index contributed by atoms with van der Waals surface area (Å²) in [5.74, 6) is -0.232.